The Morgan fingerprint density at radius 3 is 3.00 bits per heavy atom. The number of benzene rings is 1. The summed E-state index contributed by atoms with van der Waals surface area (Å²) in [5.74, 6) is 0.287. The molecule has 1 aliphatic heterocycles. The van der Waals surface area contributed by atoms with Crippen LogP contribution in [0.5, 0.6) is 5.88 Å². The number of amides is 2. The minimum atomic E-state index is -3.58. The van der Waals surface area contributed by atoms with Gasteiger partial charge < -0.3 is 10.1 Å². The lowest BCUT2D eigenvalue weighted by molar-refractivity contribution is 0.105. The van der Waals surface area contributed by atoms with Crippen LogP contribution in [-0.4, -0.2) is 31.8 Å². The van der Waals surface area contributed by atoms with Gasteiger partial charge in [0.25, 0.3) is 0 Å². The third-order valence-electron chi connectivity index (χ3n) is 6.57. The highest BCUT2D eigenvalue weighted by molar-refractivity contribution is 7.91. The van der Waals surface area contributed by atoms with E-state index < -0.39 is 27.7 Å². The first-order chi connectivity index (χ1) is 14.7. The molecule has 31 heavy (non-hydrogen) atoms. The van der Waals surface area contributed by atoms with Gasteiger partial charge in [-0.25, -0.2) is 23.2 Å². The van der Waals surface area contributed by atoms with E-state index in [1.165, 1.54) is 6.20 Å². The number of anilines is 1. The van der Waals surface area contributed by atoms with Crippen molar-refractivity contribution in [2.24, 2.45) is 9.50 Å². The molecule has 2 aliphatic carbocycles. The minimum absolute atomic E-state index is 0.104. The van der Waals surface area contributed by atoms with Crippen molar-refractivity contribution in [3.63, 3.8) is 0 Å². The predicted molar refractivity (Wildman–Crippen MR) is 114 cm³/mol. The maximum absolute atomic E-state index is 14.1. The van der Waals surface area contributed by atoms with Crippen LogP contribution in [0, 0.1) is 0 Å². The van der Waals surface area contributed by atoms with Crippen LogP contribution in [0.3, 0.4) is 0 Å². The zero-order chi connectivity index (χ0) is 22.0. The van der Waals surface area contributed by atoms with Crippen molar-refractivity contribution in [2.75, 3.05) is 5.32 Å². The van der Waals surface area contributed by atoms with Gasteiger partial charge in [-0.15, -0.1) is 4.36 Å². The molecule has 1 unspecified atom stereocenters. The van der Waals surface area contributed by atoms with Crippen molar-refractivity contribution < 1.29 is 18.1 Å². The number of carbonyl (C=O) groups is 1. The van der Waals surface area contributed by atoms with Gasteiger partial charge >= 0.3 is 6.03 Å². The zero-order valence-corrected chi connectivity index (χ0v) is 18.4. The van der Waals surface area contributed by atoms with Crippen LogP contribution in [0.25, 0.3) is 0 Å². The summed E-state index contributed by atoms with van der Waals surface area (Å²) in [5.41, 5.74) is 4.05. The summed E-state index contributed by atoms with van der Waals surface area (Å²) in [5, 5.41) is 13.0. The average molecular weight is 448 g/mol. The van der Waals surface area contributed by atoms with E-state index in [4.69, 9.17) is 9.88 Å². The third-order valence-corrected chi connectivity index (χ3v) is 7.91. The molecule has 0 bridgehead atoms. The van der Waals surface area contributed by atoms with Crippen LogP contribution >= 0.6 is 0 Å². The zero-order valence-electron chi connectivity index (χ0n) is 17.6. The van der Waals surface area contributed by atoms with Crippen LogP contribution in [-0.2, 0) is 42.1 Å². The molecule has 2 amide bonds. The topological polar surface area (TPSA) is 112 Å². The van der Waals surface area contributed by atoms with Crippen molar-refractivity contribution in [2.45, 2.75) is 75.6 Å². The summed E-state index contributed by atoms with van der Waals surface area (Å²) in [6.07, 6.45) is 4.44. The Bertz CT molecular complexity index is 1220. The number of hydrogen-bond acceptors (Lipinski definition) is 4. The fraction of sp³-hybridized carbons (Fsp3) is 0.524. The Hall–Kier alpha value is -2.46. The minimum Gasteiger partial charge on any atom is -0.469 e. The third kappa shape index (κ3) is 3.41. The van der Waals surface area contributed by atoms with E-state index in [2.05, 4.69) is 20.8 Å². The molecule has 8 nitrogen and oxygen atoms in total. The number of urea groups is 1. The predicted octanol–water partition coefficient (Wildman–Crippen LogP) is 3.30. The number of alkyl halides is 1. The van der Waals surface area contributed by atoms with Crippen molar-refractivity contribution in [1.29, 1.82) is 0 Å². The summed E-state index contributed by atoms with van der Waals surface area (Å²) in [6, 6.07) is 1.25. The number of halogens is 1. The highest BCUT2D eigenvalue weighted by Crippen LogP contribution is 2.40. The highest BCUT2D eigenvalue weighted by Gasteiger charge is 2.38. The molecular weight excluding hydrogens is 421 g/mol. The van der Waals surface area contributed by atoms with Crippen molar-refractivity contribution >= 4 is 21.6 Å². The SMILES string of the molecule is CC[C@]1(C)Cn2ncc(S(N)(=O)=NC(=O)Nc3c4c(cc5c3C[C@H](F)C5)CCC4)c2O1. The molecule has 1 aromatic carbocycles. The Labute approximate surface area is 180 Å². The fourth-order valence-corrected chi connectivity index (χ4v) is 5.78. The maximum atomic E-state index is 14.1. The van der Waals surface area contributed by atoms with E-state index in [0.717, 1.165) is 47.9 Å². The summed E-state index contributed by atoms with van der Waals surface area (Å²) in [6.45, 7) is 4.43. The van der Waals surface area contributed by atoms with Crippen molar-refractivity contribution in [1.82, 2.24) is 9.78 Å². The lowest BCUT2D eigenvalue weighted by Crippen LogP contribution is -2.30. The molecule has 10 heteroatoms. The Morgan fingerprint density at radius 2 is 2.23 bits per heavy atom. The Balaban J connectivity index is 1.47. The number of hydrogen-bond donors (Lipinski definition) is 2. The first kappa shape index (κ1) is 20.4. The van der Waals surface area contributed by atoms with Crippen molar-refractivity contribution in [3.05, 3.63) is 34.5 Å². The summed E-state index contributed by atoms with van der Waals surface area (Å²) < 4.78 is 38.6. The van der Waals surface area contributed by atoms with E-state index in [9.17, 15) is 13.4 Å². The molecule has 0 radical (unpaired) electrons. The van der Waals surface area contributed by atoms with Gasteiger partial charge in [0, 0.05) is 18.5 Å². The van der Waals surface area contributed by atoms with Gasteiger partial charge in [-0.1, -0.05) is 13.0 Å². The molecule has 0 spiro atoms. The number of rotatable bonds is 3. The average Bonchev–Trinajstić information content (AvgIpc) is 3.43. The second kappa shape index (κ2) is 7.03. The molecule has 2 heterocycles. The maximum Gasteiger partial charge on any atom is 0.354 e. The van der Waals surface area contributed by atoms with E-state index in [0.29, 0.717) is 18.7 Å². The molecule has 2 aromatic rings. The Kier molecular flexibility index (Phi) is 4.63. The van der Waals surface area contributed by atoms with Crippen LogP contribution in [0.2, 0.25) is 0 Å². The lowest BCUT2D eigenvalue weighted by atomic mass is 9.99. The molecule has 166 valence electrons. The quantitative estimate of drug-likeness (QED) is 0.752. The number of aryl methyl sites for hydroxylation is 1. The second-order valence-corrected chi connectivity index (χ2v) is 10.6. The molecule has 0 saturated heterocycles. The van der Waals surface area contributed by atoms with Crippen LogP contribution in [0.15, 0.2) is 21.5 Å². The number of aromatic nitrogens is 2. The number of fused-ring (bicyclic) bond motifs is 3. The Morgan fingerprint density at radius 1 is 1.42 bits per heavy atom. The van der Waals surface area contributed by atoms with E-state index in [-0.39, 0.29) is 17.2 Å². The first-order valence-electron chi connectivity index (χ1n) is 10.6. The molecule has 3 N–H and O–H groups in total. The molecule has 3 aliphatic rings. The molecule has 0 fully saturated rings. The molecular formula is C21H26FN5O3S. The highest BCUT2D eigenvalue weighted by atomic mass is 32.2. The normalized spacial score (nSPS) is 25.4. The summed E-state index contributed by atoms with van der Waals surface area (Å²) in [4.78, 5) is 12.9. The van der Waals surface area contributed by atoms with Gasteiger partial charge in [-0.3, -0.25) is 0 Å². The number of nitrogens with two attached hydrogens (primary N) is 1. The largest absolute Gasteiger partial charge is 0.469 e. The monoisotopic (exact) mass is 447 g/mol. The van der Waals surface area contributed by atoms with Crippen molar-refractivity contribution in [3.8, 4) is 5.88 Å². The van der Waals surface area contributed by atoms with E-state index >= 15 is 0 Å². The van der Waals surface area contributed by atoms with Gasteiger partial charge in [0.1, 0.15) is 16.7 Å². The van der Waals surface area contributed by atoms with Crippen LogP contribution in [0.1, 0.15) is 48.9 Å². The standard InChI is InChI=1S/C21H26FN5O3S/c1-3-21(2)11-27-19(30-21)17(10-24-27)31(23,29)26-20(28)25-18-15-6-4-5-12(15)7-13-8-14(22)9-16(13)18/h7,10,14H,3-6,8-9,11H2,1-2H3,(H3,23,25,26,28,29)/t14-,21-,31?/m1/s1. The number of nitrogens with zero attached hydrogens (tertiary/aromatic N) is 3. The fourth-order valence-electron chi connectivity index (χ4n) is 4.79. The van der Waals surface area contributed by atoms with E-state index in [1.807, 2.05) is 13.8 Å². The first-order valence-corrected chi connectivity index (χ1v) is 12.2. The summed E-state index contributed by atoms with van der Waals surface area (Å²) >= 11 is 0. The molecule has 5 rings (SSSR count). The van der Waals surface area contributed by atoms with Gasteiger partial charge in [0.05, 0.1) is 12.7 Å². The van der Waals surface area contributed by atoms with Gasteiger partial charge in [-0.2, -0.15) is 5.10 Å². The second-order valence-electron chi connectivity index (χ2n) is 8.85. The van der Waals surface area contributed by atoms with Gasteiger partial charge in [0.15, 0.2) is 9.92 Å². The number of nitrogens with one attached hydrogen (secondary N) is 1. The molecule has 1 aromatic heterocycles. The summed E-state index contributed by atoms with van der Waals surface area (Å²) in [7, 11) is -3.58. The van der Waals surface area contributed by atoms with Gasteiger partial charge in [0.2, 0.25) is 5.88 Å². The van der Waals surface area contributed by atoms with Crippen LogP contribution < -0.4 is 15.2 Å². The smallest absolute Gasteiger partial charge is 0.354 e. The van der Waals surface area contributed by atoms with E-state index in [1.54, 1.807) is 4.68 Å². The molecule has 0 saturated carbocycles. The lowest BCUT2D eigenvalue weighted by Gasteiger charge is -2.20. The molecule has 3 atom stereocenters. The number of ether oxygens (including phenoxy) is 1. The van der Waals surface area contributed by atoms with Crippen LogP contribution in [0.4, 0.5) is 14.9 Å². The van der Waals surface area contributed by atoms with Gasteiger partial charge in [-0.05, 0) is 54.9 Å². The number of carbonyl (C=O) groups excluding carboxylic acids is 1.